The van der Waals surface area contributed by atoms with E-state index in [2.05, 4.69) is 15.6 Å². The second kappa shape index (κ2) is 8.76. The number of nitrogens with one attached hydrogen (secondary N) is 2. The molecule has 0 aromatic carbocycles. The minimum atomic E-state index is -1.41. The smallest absolute Gasteiger partial charge is 0.305 e. The Morgan fingerprint density at radius 1 is 1.38 bits per heavy atom. The number of ether oxygens (including phenoxy) is 3. The number of hydrogen-bond donors (Lipinski definition) is 4. The van der Waals surface area contributed by atoms with Crippen molar-refractivity contribution in [3.05, 3.63) is 12.0 Å². The third kappa shape index (κ3) is 4.33. The highest BCUT2D eigenvalue weighted by molar-refractivity contribution is 5.97. The number of rotatable bonds is 6. The fourth-order valence-corrected chi connectivity index (χ4v) is 3.05. The zero-order valence-electron chi connectivity index (χ0n) is 17.4. The Labute approximate surface area is 168 Å². The van der Waals surface area contributed by atoms with Crippen molar-refractivity contribution >= 4 is 23.7 Å². The number of imidazole rings is 1. The summed E-state index contributed by atoms with van der Waals surface area (Å²) in [5, 5.41) is 25.7. The zero-order chi connectivity index (χ0) is 22.5. The van der Waals surface area contributed by atoms with Gasteiger partial charge in [-0.2, -0.15) is 0 Å². The van der Waals surface area contributed by atoms with E-state index in [1.54, 1.807) is 0 Å². The van der Waals surface area contributed by atoms with Gasteiger partial charge in [-0.25, -0.2) is 4.98 Å². The lowest BCUT2D eigenvalue weighted by Crippen LogP contribution is -2.38. The summed E-state index contributed by atoms with van der Waals surface area (Å²) >= 11 is 0. The van der Waals surface area contributed by atoms with Crippen molar-refractivity contribution in [2.75, 3.05) is 18.5 Å². The van der Waals surface area contributed by atoms with Crippen LogP contribution in [0.2, 0.25) is 0 Å². The Bertz CT molecular complexity index is 822. The maximum absolute atomic E-state index is 12.2. The highest BCUT2D eigenvalue weighted by atomic mass is 16.6. The van der Waals surface area contributed by atoms with Gasteiger partial charge in [0.1, 0.15) is 30.9 Å². The second-order valence-electron chi connectivity index (χ2n) is 6.41. The number of aliphatic hydroxyl groups excluding tert-OH is 2. The number of aliphatic hydroxyl groups is 2. The van der Waals surface area contributed by atoms with E-state index in [4.69, 9.17) is 17.0 Å². The SMILES string of the molecule is [2H]CCC(=O)OC[C@H]1OC(n2cnc3c2NCC(O)NC3=O)[C@H](O)[C@@H]1OC(=O)CC[2H]. The lowest BCUT2D eigenvalue weighted by molar-refractivity contribution is -0.159. The first-order chi connectivity index (χ1) is 14.8. The number of fused-ring (bicyclic) bond motifs is 1. The van der Waals surface area contributed by atoms with Crippen molar-refractivity contribution < 1.29 is 41.5 Å². The summed E-state index contributed by atoms with van der Waals surface area (Å²) < 4.78 is 31.7. The normalized spacial score (nSPS) is 29.6. The zero-order valence-corrected chi connectivity index (χ0v) is 15.4. The molecule has 1 aromatic heterocycles. The summed E-state index contributed by atoms with van der Waals surface area (Å²) in [6.45, 7) is -0.720. The number of nitrogens with zero attached hydrogens (tertiary/aromatic N) is 2. The molecule has 0 radical (unpaired) electrons. The topological polar surface area (TPSA) is 161 Å². The van der Waals surface area contributed by atoms with Gasteiger partial charge in [0.05, 0.1) is 12.9 Å². The molecule has 2 aliphatic rings. The van der Waals surface area contributed by atoms with Crippen LogP contribution < -0.4 is 10.6 Å². The number of aromatic nitrogens is 2. The van der Waals surface area contributed by atoms with Crippen molar-refractivity contribution in [2.45, 2.75) is 57.4 Å². The van der Waals surface area contributed by atoms with Gasteiger partial charge >= 0.3 is 11.9 Å². The van der Waals surface area contributed by atoms with E-state index in [9.17, 15) is 24.6 Å². The molecule has 1 saturated heterocycles. The Morgan fingerprint density at radius 2 is 2.14 bits per heavy atom. The van der Waals surface area contributed by atoms with E-state index in [1.165, 1.54) is 10.9 Å². The van der Waals surface area contributed by atoms with Crippen molar-refractivity contribution in [1.29, 1.82) is 0 Å². The first-order valence-corrected chi connectivity index (χ1v) is 8.92. The van der Waals surface area contributed by atoms with Crippen LogP contribution >= 0.6 is 0 Å². The van der Waals surface area contributed by atoms with Crippen LogP contribution in [0.3, 0.4) is 0 Å². The van der Waals surface area contributed by atoms with Crippen LogP contribution in [-0.4, -0.2) is 75.3 Å². The molecule has 3 rings (SSSR count). The molecule has 0 aliphatic carbocycles. The number of amides is 1. The monoisotopic (exact) mass is 414 g/mol. The van der Waals surface area contributed by atoms with E-state index < -0.39 is 48.6 Å². The number of hydrogen-bond acceptors (Lipinski definition) is 10. The van der Waals surface area contributed by atoms with E-state index in [0.29, 0.717) is 0 Å². The number of esters is 2. The molecule has 160 valence electrons. The van der Waals surface area contributed by atoms with Crippen LogP contribution in [0.4, 0.5) is 5.82 Å². The molecule has 2 unspecified atom stereocenters. The molecule has 3 heterocycles. The second-order valence-corrected chi connectivity index (χ2v) is 6.41. The minimum absolute atomic E-state index is 0.0245. The van der Waals surface area contributed by atoms with Crippen LogP contribution in [0, 0.1) is 0 Å². The summed E-state index contributed by atoms with van der Waals surface area (Å²) in [6, 6.07) is 0. The van der Waals surface area contributed by atoms with Gasteiger partial charge in [-0.3, -0.25) is 19.0 Å². The van der Waals surface area contributed by atoms with Crippen LogP contribution in [0.5, 0.6) is 0 Å². The van der Waals surface area contributed by atoms with Crippen molar-refractivity contribution in [3.8, 4) is 0 Å². The lowest BCUT2D eigenvalue weighted by atomic mass is 10.1. The molecule has 1 amide bonds. The molecular formula is C17H24N4O8. The molecule has 12 nitrogen and oxygen atoms in total. The van der Waals surface area contributed by atoms with Gasteiger partial charge in [-0.15, -0.1) is 0 Å². The lowest BCUT2D eigenvalue weighted by Gasteiger charge is -2.21. The maximum Gasteiger partial charge on any atom is 0.305 e. The predicted octanol–water partition coefficient (Wildman–Crippen LogP) is -1.11. The molecule has 0 saturated carbocycles. The van der Waals surface area contributed by atoms with Gasteiger partial charge < -0.3 is 35.1 Å². The van der Waals surface area contributed by atoms with E-state index in [-0.39, 0.29) is 51.3 Å². The number of carbonyl (C=O) groups excluding carboxylic acids is 3. The number of anilines is 1. The first-order valence-electron chi connectivity index (χ1n) is 10.3. The van der Waals surface area contributed by atoms with Crippen LogP contribution in [0.1, 0.15) is 46.1 Å². The molecule has 4 N–H and O–H groups in total. The molecule has 1 aromatic rings. The highest BCUT2D eigenvalue weighted by Crippen LogP contribution is 2.35. The fraction of sp³-hybridized carbons (Fsp3) is 0.647. The van der Waals surface area contributed by atoms with Crippen LogP contribution in [0.25, 0.3) is 0 Å². The van der Waals surface area contributed by atoms with Crippen molar-refractivity contribution in [3.63, 3.8) is 0 Å². The standard InChI is InChI=1S/C17H24N4O8/c1-3-10(23)27-6-8-14(29-11(24)4-2)13(25)17(28-8)21-7-19-12-15(21)18-5-9(22)20-16(12)26/h7-9,13-14,17-18,22,25H,3-6H2,1-2H3,(H,20,26)/t8-,9?,13-,14-,17?/m1/s1/i1D,2D. The van der Waals surface area contributed by atoms with E-state index in [1.807, 2.05) is 0 Å². The van der Waals surface area contributed by atoms with Crippen LogP contribution in [-0.2, 0) is 23.8 Å². The van der Waals surface area contributed by atoms with Crippen molar-refractivity contribution in [1.82, 2.24) is 14.9 Å². The van der Waals surface area contributed by atoms with E-state index in [0.717, 1.165) is 0 Å². The highest BCUT2D eigenvalue weighted by Gasteiger charge is 2.48. The van der Waals surface area contributed by atoms with Gasteiger partial charge in [-0.1, -0.05) is 13.8 Å². The molecule has 0 bridgehead atoms. The number of carbonyl (C=O) groups is 3. The summed E-state index contributed by atoms with van der Waals surface area (Å²) in [7, 11) is 0. The first kappa shape index (κ1) is 18.3. The van der Waals surface area contributed by atoms with Gasteiger partial charge in [-0.05, 0) is 0 Å². The summed E-state index contributed by atoms with van der Waals surface area (Å²) in [4.78, 5) is 39.7. The molecular weight excluding hydrogens is 388 g/mol. The minimum Gasteiger partial charge on any atom is -0.463 e. The molecule has 2 aliphatic heterocycles. The maximum atomic E-state index is 12.2. The summed E-state index contributed by atoms with van der Waals surface area (Å²) in [5.74, 6) is -1.81. The number of β-amino-alcohol motifs (C(OH)–C–C–N with tert-alkyl or cyclic N) is 1. The average Bonchev–Trinajstić information content (AvgIpc) is 3.22. The summed E-state index contributed by atoms with van der Waals surface area (Å²) in [5.41, 5.74) is -0.0274. The van der Waals surface area contributed by atoms with Crippen LogP contribution in [0.15, 0.2) is 6.33 Å². The molecule has 1 fully saturated rings. The van der Waals surface area contributed by atoms with Crippen molar-refractivity contribution in [2.24, 2.45) is 0 Å². The quantitative estimate of drug-likeness (QED) is 0.420. The molecule has 12 heteroatoms. The average molecular weight is 414 g/mol. The Balaban J connectivity index is 1.82. The Morgan fingerprint density at radius 3 is 2.90 bits per heavy atom. The third-order valence-corrected chi connectivity index (χ3v) is 4.44. The fourth-order valence-electron chi connectivity index (χ4n) is 3.05. The molecule has 5 atom stereocenters. The van der Waals surface area contributed by atoms with Gasteiger partial charge in [0, 0.05) is 15.6 Å². The Kier molecular flexibility index (Phi) is 5.54. The van der Waals surface area contributed by atoms with Gasteiger partial charge in [0.2, 0.25) is 0 Å². The largest absolute Gasteiger partial charge is 0.463 e. The predicted molar refractivity (Wildman–Crippen MR) is 95.5 cm³/mol. The summed E-state index contributed by atoms with van der Waals surface area (Å²) in [6.07, 6.45) is -5.03. The van der Waals surface area contributed by atoms with Gasteiger partial charge in [0.25, 0.3) is 5.91 Å². The third-order valence-electron chi connectivity index (χ3n) is 4.44. The van der Waals surface area contributed by atoms with Gasteiger partial charge in [0.15, 0.2) is 18.0 Å². The molecule has 29 heavy (non-hydrogen) atoms. The Hall–Kier alpha value is -2.70. The molecule has 0 spiro atoms. The van der Waals surface area contributed by atoms with E-state index >= 15 is 0 Å².